The summed E-state index contributed by atoms with van der Waals surface area (Å²) in [5, 5.41) is 54.7. The zero-order valence-corrected chi connectivity index (χ0v) is 47.7. The van der Waals surface area contributed by atoms with Gasteiger partial charge in [-0.3, -0.25) is 4.79 Å². The van der Waals surface area contributed by atoms with Gasteiger partial charge >= 0.3 is 0 Å². The molecule has 1 aliphatic heterocycles. The van der Waals surface area contributed by atoms with Crippen LogP contribution < -0.4 is 5.32 Å². The summed E-state index contributed by atoms with van der Waals surface area (Å²) in [6, 6.07) is -0.715. The van der Waals surface area contributed by atoms with Gasteiger partial charge in [-0.15, -0.1) is 0 Å². The summed E-state index contributed by atoms with van der Waals surface area (Å²) in [7, 11) is 0. The second kappa shape index (κ2) is 53.3. The lowest BCUT2D eigenvalue weighted by atomic mass is 9.99. The average molecular weight is 1020 g/mol. The van der Waals surface area contributed by atoms with E-state index in [0.29, 0.717) is 12.8 Å². The van der Waals surface area contributed by atoms with Crippen molar-refractivity contribution >= 4 is 5.91 Å². The molecule has 0 spiro atoms. The smallest absolute Gasteiger partial charge is 0.220 e. The molecule has 9 nitrogen and oxygen atoms in total. The first-order valence-electron chi connectivity index (χ1n) is 31.9. The predicted octanol–water partition coefficient (Wildman–Crippen LogP) is 16.4. The van der Waals surface area contributed by atoms with E-state index in [1.165, 1.54) is 263 Å². The number of unbranched alkanes of at least 4 members (excludes halogenated alkanes) is 44. The van der Waals surface area contributed by atoms with Gasteiger partial charge in [0, 0.05) is 6.42 Å². The van der Waals surface area contributed by atoms with E-state index in [9.17, 15) is 30.3 Å². The van der Waals surface area contributed by atoms with Gasteiger partial charge in [0.1, 0.15) is 24.4 Å². The minimum atomic E-state index is -1.55. The van der Waals surface area contributed by atoms with Crippen LogP contribution in [0.1, 0.15) is 328 Å². The number of ether oxygens (including phenoxy) is 2. The molecule has 72 heavy (non-hydrogen) atoms. The number of carbonyl (C=O) groups is 1. The van der Waals surface area contributed by atoms with Gasteiger partial charge in [0.25, 0.3) is 0 Å². The number of aliphatic hydroxyl groups excluding tert-OH is 5. The third-order valence-corrected chi connectivity index (χ3v) is 15.6. The minimum Gasteiger partial charge on any atom is -0.394 e. The molecule has 7 unspecified atom stereocenters. The van der Waals surface area contributed by atoms with Gasteiger partial charge < -0.3 is 40.3 Å². The Bertz CT molecular complexity index is 1140. The molecule has 0 saturated carbocycles. The van der Waals surface area contributed by atoms with Crippen molar-refractivity contribution in [3.05, 3.63) is 12.2 Å². The van der Waals surface area contributed by atoms with Crippen LogP contribution in [0.3, 0.4) is 0 Å². The standard InChI is InChI=1S/C63H123NO8/c1-3-5-7-9-11-13-15-17-19-20-21-22-23-24-25-26-27-28-29-30-31-32-33-34-35-36-37-38-39-41-43-45-47-49-51-53-59(67)64-56(55-71-63-62(70)61(69)60(68)58(54-65)72-63)57(66)52-50-48-46-44-42-40-18-16-14-12-10-8-6-4-2/h26-27,56-58,60-63,65-66,68-70H,3-25,28-55H2,1-2H3,(H,64,67)/b27-26-. The molecule has 0 aromatic heterocycles. The fourth-order valence-electron chi connectivity index (χ4n) is 10.6. The lowest BCUT2D eigenvalue weighted by Crippen LogP contribution is -2.60. The summed E-state index contributed by atoms with van der Waals surface area (Å²) in [6.07, 6.45) is 59.9. The first-order chi connectivity index (χ1) is 35.3. The molecule has 0 bridgehead atoms. The number of hydrogen-bond donors (Lipinski definition) is 6. The van der Waals surface area contributed by atoms with Gasteiger partial charge in [-0.25, -0.2) is 0 Å². The Labute approximate surface area is 446 Å². The maximum absolute atomic E-state index is 13.1. The van der Waals surface area contributed by atoms with E-state index in [1.54, 1.807) is 0 Å². The Morgan fingerprint density at radius 2 is 0.778 bits per heavy atom. The number of nitrogens with one attached hydrogen (secondary N) is 1. The predicted molar refractivity (Wildman–Crippen MR) is 304 cm³/mol. The highest BCUT2D eigenvalue weighted by atomic mass is 16.7. The van der Waals surface area contributed by atoms with E-state index in [1.807, 2.05) is 0 Å². The topological polar surface area (TPSA) is 149 Å². The van der Waals surface area contributed by atoms with Gasteiger partial charge in [0.05, 0.1) is 25.4 Å². The molecule has 1 aliphatic rings. The van der Waals surface area contributed by atoms with E-state index in [-0.39, 0.29) is 12.5 Å². The van der Waals surface area contributed by atoms with Crippen LogP contribution in [0.2, 0.25) is 0 Å². The van der Waals surface area contributed by atoms with Crippen LogP contribution in [0.4, 0.5) is 0 Å². The largest absolute Gasteiger partial charge is 0.394 e. The minimum absolute atomic E-state index is 0.133. The SMILES string of the molecule is CCCCCCCCCCCCCCCC/C=C\CCCCCCCCCCCCCCCCCCCC(=O)NC(COC1OC(CO)C(O)C(O)C1O)C(O)CCCCCCCCCCCCCCCC. The van der Waals surface area contributed by atoms with Crippen molar-refractivity contribution in [1.29, 1.82) is 0 Å². The molecule has 0 aromatic carbocycles. The number of amides is 1. The Morgan fingerprint density at radius 1 is 0.458 bits per heavy atom. The van der Waals surface area contributed by atoms with Crippen molar-refractivity contribution in [3.63, 3.8) is 0 Å². The zero-order valence-electron chi connectivity index (χ0n) is 47.7. The van der Waals surface area contributed by atoms with Gasteiger partial charge in [-0.1, -0.05) is 296 Å². The maximum atomic E-state index is 13.1. The third kappa shape index (κ3) is 42.1. The summed E-state index contributed by atoms with van der Waals surface area (Å²) in [5.41, 5.74) is 0. The van der Waals surface area contributed by atoms with Gasteiger partial charge in [-0.05, 0) is 38.5 Å². The second-order valence-corrected chi connectivity index (χ2v) is 22.6. The van der Waals surface area contributed by atoms with Crippen molar-refractivity contribution in [3.8, 4) is 0 Å². The van der Waals surface area contributed by atoms with Gasteiger partial charge in [0.15, 0.2) is 6.29 Å². The van der Waals surface area contributed by atoms with E-state index in [2.05, 4.69) is 31.3 Å². The molecule has 9 heteroatoms. The molecule has 1 heterocycles. The van der Waals surface area contributed by atoms with Crippen LogP contribution in [0.15, 0.2) is 12.2 Å². The van der Waals surface area contributed by atoms with Crippen molar-refractivity contribution in [2.75, 3.05) is 13.2 Å². The summed E-state index contributed by atoms with van der Waals surface area (Å²) < 4.78 is 11.3. The molecular formula is C63H123NO8. The van der Waals surface area contributed by atoms with Crippen molar-refractivity contribution in [2.24, 2.45) is 0 Å². The van der Waals surface area contributed by atoms with Crippen molar-refractivity contribution < 1.29 is 39.8 Å². The van der Waals surface area contributed by atoms with Crippen molar-refractivity contribution in [1.82, 2.24) is 5.32 Å². The zero-order chi connectivity index (χ0) is 52.2. The Balaban J connectivity index is 2.05. The molecular weight excluding hydrogens is 899 g/mol. The molecule has 6 N–H and O–H groups in total. The highest BCUT2D eigenvalue weighted by molar-refractivity contribution is 5.76. The van der Waals surface area contributed by atoms with Crippen LogP contribution in [0, 0.1) is 0 Å². The van der Waals surface area contributed by atoms with Crippen molar-refractivity contribution in [2.45, 2.75) is 371 Å². The molecule has 0 aliphatic carbocycles. The molecule has 0 radical (unpaired) electrons. The highest BCUT2D eigenvalue weighted by Crippen LogP contribution is 2.24. The highest BCUT2D eigenvalue weighted by Gasteiger charge is 2.44. The Morgan fingerprint density at radius 3 is 1.12 bits per heavy atom. The molecule has 7 atom stereocenters. The summed E-state index contributed by atoms with van der Waals surface area (Å²) in [4.78, 5) is 13.1. The number of aliphatic hydroxyl groups is 5. The monoisotopic (exact) mass is 1020 g/mol. The van der Waals surface area contributed by atoms with E-state index in [0.717, 1.165) is 38.5 Å². The van der Waals surface area contributed by atoms with Crippen LogP contribution in [-0.2, 0) is 14.3 Å². The van der Waals surface area contributed by atoms with Crippen LogP contribution in [0.5, 0.6) is 0 Å². The normalized spacial score (nSPS) is 19.1. The fourth-order valence-corrected chi connectivity index (χ4v) is 10.6. The average Bonchev–Trinajstić information content (AvgIpc) is 3.38. The van der Waals surface area contributed by atoms with Crippen LogP contribution in [0.25, 0.3) is 0 Å². The summed E-state index contributed by atoms with van der Waals surface area (Å²) in [6.45, 7) is 3.88. The van der Waals surface area contributed by atoms with E-state index in [4.69, 9.17) is 9.47 Å². The molecule has 0 aromatic rings. The third-order valence-electron chi connectivity index (χ3n) is 15.6. The van der Waals surface area contributed by atoms with Gasteiger partial charge in [0.2, 0.25) is 5.91 Å². The summed E-state index contributed by atoms with van der Waals surface area (Å²) in [5.74, 6) is -0.138. The van der Waals surface area contributed by atoms with Crippen LogP contribution in [-0.4, -0.2) is 87.5 Å². The number of allylic oxidation sites excluding steroid dienone is 2. The van der Waals surface area contributed by atoms with Gasteiger partial charge in [-0.2, -0.15) is 0 Å². The molecule has 1 rings (SSSR count). The first-order valence-corrected chi connectivity index (χ1v) is 31.9. The number of carbonyl (C=O) groups excluding carboxylic acids is 1. The lowest BCUT2D eigenvalue weighted by Gasteiger charge is -2.40. The first kappa shape index (κ1) is 68.9. The molecule has 1 saturated heterocycles. The second-order valence-electron chi connectivity index (χ2n) is 22.6. The van der Waals surface area contributed by atoms with E-state index >= 15 is 0 Å². The fraction of sp³-hybridized carbons (Fsp3) is 0.952. The Kier molecular flexibility index (Phi) is 51.1. The Hall–Kier alpha value is -1.07. The molecule has 1 amide bonds. The maximum Gasteiger partial charge on any atom is 0.220 e. The number of hydrogen-bond acceptors (Lipinski definition) is 8. The molecule has 428 valence electrons. The number of rotatable bonds is 56. The van der Waals surface area contributed by atoms with E-state index < -0.39 is 49.5 Å². The lowest BCUT2D eigenvalue weighted by molar-refractivity contribution is -0.302. The summed E-state index contributed by atoms with van der Waals surface area (Å²) >= 11 is 0. The quantitative estimate of drug-likeness (QED) is 0.0261. The van der Waals surface area contributed by atoms with Crippen LogP contribution >= 0.6 is 0 Å². The molecule has 1 fully saturated rings.